The van der Waals surface area contributed by atoms with Crippen LogP contribution in [0.2, 0.25) is 0 Å². The molecule has 0 radical (unpaired) electrons. The summed E-state index contributed by atoms with van der Waals surface area (Å²) in [6.07, 6.45) is 3.88. The fraction of sp³-hybridized carbons (Fsp3) is 0.500. The van der Waals surface area contributed by atoms with Crippen LogP contribution in [-0.2, 0) is 9.59 Å². The number of nitrogens with zero attached hydrogens (tertiary/aromatic N) is 4. The van der Waals surface area contributed by atoms with Gasteiger partial charge in [-0.05, 0) is 25.0 Å². The summed E-state index contributed by atoms with van der Waals surface area (Å²) in [6.45, 7) is 4.89. The summed E-state index contributed by atoms with van der Waals surface area (Å²) in [6, 6.07) is 9.92. The molecule has 2 aliphatic rings. The Labute approximate surface area is 177 Å². The van der Waals surface area contributed by atoms with Crippen LogP contribution < -0.4 is 15.0 Å². The molecule has 160 valence electrons. The first kappa shape index (κ1) is 21.5. The molecule has 0 aromatic heterocycles. The number of nitrogens with one attached hydrogen (secondary N) is 1. The molecule has 0 aliphatic carbocycles. The van der Waals surface area contributed by atoms with Crippen molar-refractivity contribution in [3.05, 3.63) is 36.0 Å². The Kier molecular flexibility index (Phi) is 7.55. The largest absolute Gasteiger partial charge is 0.495 e. The Balaban J connectivity index is 1.46. The second-order valence-corrected chi connectivity index (χ2v) is 7.44. The van der Waals surface area contributed by atoms with E-state index in [0.717, 1.165) is 37.5 Å². The summed E-state index contributed by atoms with van der Waals surface area (Å²) in [5.74, 6) is 0.665. The van der Waals surface area contributed by atoms with Gasteiger partial charge in [0.15, 0.2) is 0 Å². The number of likely N-dealkylation sites (tertiary alicyclic amines) is 1. The molecule has 0 atom stereocenters. The van der Waals surface area contributed by atoms with Gasteiger partial charge in [-0.1, -0.05) is 12.1 Å². The lowest BCUT2D eigenvalue weighted by atomic mass is 10.2. The zero-order chi connectivity index (χ0) is 21.3. The molecular weight excluding hydrogens is 382 g/mol. The Morgan fingerprint density at radius 2 is 2.00 bits per heavy atom. The number of benzene rings is 1. The molecule has 8 heteroatoms. The highest BCUT2D eigenvalue weighted by Crippen LogP contribution is 2.28. The molecule has 8 nitrogen and oxygen atoms in total. The van der Waals surface area contributed by atoms with Gasteiger partial charge in [-0.25, -0.2) is 0 Å². The van der Waals surface area contributed by atoms with E-state index >= 15 is 0 Å². The average Bonchev–Trinajstić information content (AvgIpc) is 3.19. The predicted octanol–water partition coefficient (Wildman–Crippen LogP) is 1.35. The molecule has 0 bridgehead atoms. The number of methoxy groups -OCH3 is 1. The molecule has 2 aliphatic heterocycles. The number of piperazine rings is 1. The topological polar surface area (TPSA) is 88.9 Å². The number of para-hydroxylation sites is 2. The van der Waals surface area contributed by atoms with Gasteiger partial charge in [-0.15, -0.1) is 0 Å². The van der Waals surface area contributed by atoms with E-state index < -0.39 is 0 Å². The number of carbonyl (C=O) groups excluding carboxylic acids is 2. The van der Waals surface area contributed by atoms with Crippen molar-refractivity contribution in [2.24, 2.45) is 0 Å². The Morgan fingerprint density at radius 1 is 1.23 bits per heavy atom. The predicted molar refractivity (Wildman–Crippen MR) is 114 cm³/mol. The van der Waals surface area contributed by atoms with Gasteiger partial charge in [-0.2, -0.15) is 5.26 Å². The number of amides is 2. The Hall–Kier alpha value is -3.21. The SMILES string of the molecule is COc1ccccc1N1CCN(/C=C(/C#N)C(=O)NCCCN2CCCC2=O)CC1. The van der Waals surface area contributed by atoms with Crippen molar-refractivity contribution < 1.29 is 14.3 Å². The van der Waals surface area contributed by atoms with Gasteiger partial charge in [0.25, 0.3) is 5.91 Å². The molecule has 1 N–H and O–H groups in total. The van der Waals surface area contributed by atoms with E-state index in [9.17, 15) is 14.9 Å². The van der Waals surface area contributed by atoms with Gasteiger partial charge in [0, 0.05) is 58.4 Å². The van der Waals surface area contributed by atoms with Gasteiger partial charge in [0.05, 0.1) is 12.8 Å². The second kappa shape index (κ2) is 10.5. The van der Waals surface area contributed by atoms with Crippen LogP contribution in [-0.4, -0.2) is 74.5 Å². The van der Waals surface area contributed by atoms with Gasteiger partial charge in [0.2, 0.25) is 5.91 Å². The zero-order valence-corrected chi connectivity index (χ0v) is 17.5. The van der Waals surface area contributed by atoms with Crippen LogP contribution in [0.3, 0.4) is 0 Å². The minimum Gasteiger partial charge on any atom is -0.495 e. The van der Waals surface area contributed by atoms with E-state index in [4.69, 9.17) is 4.74 Å². The monoisotopic (exact) mass is 411 g/mol. The number of anilines is 1. The number of rotatable bonds is 8. The summed E-state index contributed by atoms with van der Waals surface area (Å²) >= 11 is 0. The van der Waals surface area contributed by atoms with Crippen molar-refractivity contribution in [1.82, 2.24) is 15.1 Å². The summed E-state index contributed by atoms with van der Waals surface area (Å²) in [5, 5.41) is 12.2. The summed E-state index contributed by atoms with van der Waals surface area (Å²) in [4.78, 5) is 30.0. The summed E-state index contributed by atoms with van der Waals surface area (Å²) in [5.41, 5.74) is 1.16. The maximum Gasteiger partial charge on any atom is 0.263 e. The standard InChI is InChI=1S/C22H29N5O3/c1-30-20-7-3-2-6-19(20)26-14-12-25(13-15-26)17-18(16-23)22(29)24-9-5-11-27-10-4-8-21(27)28/h2-3,6-7,17H,4-5,8-15H2,1H3,(H,24,29)/b18-17-. The molecule has 1 aromatic rings. The minimum absolute atomic E-state index is 0.109. The van der Waals surface area contributed by atoms with Crippen molar-refractivity contribution in [2.45, 2.75) is 19.3 Å². The summed E-state index contributed by atoms with van der Waals surface area (Å²) < 4.78 is 5.44. The average molecular weight is 412 g/mol. The van der Waals surface area contributed by atoms with Gasteiger partial charge >= 0.3 is 0 Å². The molecular formula is C22H29N5O3. The normalized spacial score (nSPS) is 17.1. The number of hydrogen-bond donors (Lipinski definition) is 1. The molecule has 2 heterocycles. The van der Waals surface area contributed by atoms with Gasteiger partial charge in [-0.3, -0.25) is 9.59 Å². The smallest absolute Gasteiger partial charge is 0.263 e. The number of hydrogen-bond acceptors (Lipinski definition) is 6. The van der Waals surface area contributed by atoms with Crippen LogP contribution in [0.1, 0.15) is 19.3 Å². The van der Waals surface area contributed by atoms with Crippen molar-refractivity contribution >= 4 is 17.5 Å². The first-order valence-corrected chi connectivity index (χ1v) is 10.4. The molecule has 30 heavy (non-hydrogen) atoms. The second-order valence-electron chi connectivity index (χ2n) is 7.44. The quantitative estimate of drug-likeness (QED) is 0.395. The Morgan fingerprint density at radius 3 is 2.67 bits per heavy atom. The van der Waals surface area contributed by atoms with Crippen molar-refractivity contribution in [3.63, 3.8) is 0 Å². The van der Waals surface area contributed by atoms with Gasteiger partial charge < -0.3 is 24.8 Å². The van der Waals surface area contributed by atoms with Crippen molar-refractivity contribution in [3.8, 4) is 11.8 Å². The zero-order valence-electron chi connectivity index (χ0n) is 17.5. The highest BCUT2D eigenvalue weighted by atomic mass is 16.5. The van der Waals surface area contributed by atoms with E-state index in [2.05, 4.69) is 10.2 Å². The van der Waals surface area contributed by atoms with Crippen LogP contribution >= 0.6 is 0 Å². The third-order valence-electron chi connectivity index (χ3n) is 5.48. The minimum atomic E-state index is -0.364. The van der Waals surface area contributed by atoms with E-state index in [1.165, 1.54) is 0 Å². The first-order chi connectivity index (χ1) is 14.6. The molecule has 2 amide bonds. The maximum absolute atomic E-state index is 12.3. The molecule has 0 unspecified atom stereocenters. The van der Waals surface area contributed by atoms with E-state index in [1.807, 2.05) is 40.1 Å². The van der Waals surface area contributed by atoms with E-state index in [1.54, 1.807) is 13.3 Å². The lowest BCUT2D eigenvalue weighted by molar-refractivity contribution is -0.127. The van der Waals surface area contributed by atoms with Crippen LogP contribution in [0.4, 0.5) is 5.69 Å². The van der Waals surface area contributed by atoms with Crippen LogP contribution in [0.25, 0.3) is 0 Å². The Bertz CT molecular complexity index is 824. The number of nitriles is 1. The lowest BCUT2D eigenvalue weighted by Crippen LogP contribution is -2.44. The third-order valence-corrected chi connectivity index (χ3v) is 5.48. The van der Waals surface area contributed by atoms with Crippen LogP contribution in [0.5, 0.6) is 5.75 Å². The van der Waals surface area contributed by atoms with E-state index in [0.29, 0.717) is 39.0 Å². The first-order valence-electron chi connectivity index (χ1n) is 10.4. The van der Waals surface area contributed by atoms with Crippen molar-refractivity contribution in [2.75, 3.05) is 57.8 Å². The van der Waals surface area contributed by atoms with E-state index in [-0.39, 0.29) is 17.4 Å². The van der Waals surface area contributed by atoms with Gasteiger partial charge in [0.1, 0.15) is 17.4 Å². The number of ether oxygens (including phenoxy) is 1. The van der Waals surface area contributed by atoms with Crippen LogP contribution in [0, 0.1) is 11.3 Å². The fourth-order valence-electron chi connectivity index (χ4n) is 3.81. The number of carbonyl (C=O) groups is 2. The molecule has 0 spiro atoms. The molecule has 3 rings (SSSR count). The molecule has 2 saturated heterocycles. The lowest BCUT2D eigenvalue weighted by Gasteiger charge is -2.36. The third kappa shape index (κ3) is 5.44. The summed E-state index contributed by atoms with van der Waals surface area (Å²) in [7, 11) is 1.67. The maximum atomic E-state index is 12.3. The molecule has 2 fully saturated rings. The molecule has 0 saturated carbocycles. The van der Waals surface area contributed by atoms with Crippen LogP contribution in [0.15, 0.2) is 36.0 Å². The highest BCUT2D eigenvalue weighted by Gasteiger charge is 2.21. The van der Waals surface area contributed by atoms with Crippen molar-refractivity contribution in [1.29, 1.82) is 5.26 Å². The molecule has 1 aromatic carbocycles. The highest BCUT2D eigenvalue weighted by molar-refractivity contribution is 5.97. The fourth-order valence-corrected chi connectivity index (χ4v) is 3.81.